The maximum Gasteiger partial charge on any atom is 0.319 e. The van der Waals surface area contributed by atoms with Crippen molar-refractivity contribution in [2.45, 2.75) is 46.5 Å². The Bertz CT molecular complexity index is 1270. The summed E-state index contributed by atoms with van der Waals surface area (Å²) in [7, 11) is 1.63. The minimum Gasteiger partial charge on any atom is -0.493 e. The number of piperidine rings is 1. The highest BCUT2D eigenvalue weighted by Crippen LogP contribution is 2.38. The standard InChI is InChI=1S/C30H39ClN4O4/c1-30(2,3)11-15-34-29(36)35-24-6-5-21(17-23(24)31)39-26-9-14-33-25-19-28(27(37-4)18-22(25)26)38-16-10-20-7-12-32-13-8-20/h5-6,9,14,17-20,32H,7-8,10-13,15-16H2,1-4H3,(H2,34,35,36). The number of methoxy groups -OCH3 is 1. The third-order valence-corrected chi connectivity index (χ3v) is 7.12. The number of urea groups is 1. The molecule has 210 valence electrons. The number of rotatable bonds is 10. The van der Waals surface area contributed by atoms with Crippen LogP contribution in [0.5, 0.6) is 23.0 Å². The van der Waals surface area contributed by atoms with Gasteiger partial charge in [-0.05, 0) is 74.4 Å². The van der Waals surface area contributed by atoms with Crippen molar-refractivity contribution in [1.29, 1.82) is 0 Å². The fraction of sp³-hybridized carbons (Fsp3) is 0.467. The molecular weight excluding hydrogens is 516 g/mol. The highest BCUT2D eigenvalue weighted by atomic mass is 35.5. The van der Waals surface area contributed by atoms with E-state index < -0.39 is 0 Å². The molecule has 0 radical (unpaired) electrons. The van der Waals surface area contributed by atoms with E-state index in [4.69, 9.17) is 25.8 Å². The summed E-state index contributed by atoms with van der Waals surface area (Å²) in [6, 6.07) is 10.4. The number of halogens is 1. The largest absolute Gasteiger partial charge is 0.493 e. The normalized spacial score (nSPS) is 14.2. The molecule has 1 aromatic heterocycles. The van der Waals surface area contributed by atoms with Crippen LogP contribution in [-0.4, -0.2) is 44.4 Å². The minimum atomic E-state index is -0.296. The molecule has 0 unspecified atom stereocenters. The van der Waals surface area contributed by atoms with Gasteiger partial charge in [0.05, 0.1) is 29.9 Å². The van der Waals surface area contributed by atoms with Gasteiger partial charge < -0.3 is 30.2 Å². The fourth-order valence-electron chi connectivity index (χ4n) is 4.50. The highest BCUT2D eigenvalue weighted by molar-refractivity contribution is 6.33. The monoisotopic (exact) mass is 554 g/mol. The van der Waals surface area contributed by atoms with Gasteiger partial charge in [-0.15, -0.1) is 0 Å². The van der Waals surface area contributed by atoms with Crippen LogP contribution < -0.4 is 30.2 Å². The Morgan fingerprint density at radius 3 is 2.62 bits per heavy atom. The van der Waals surface area contributed by atoms with Gasteiger partial charge in [-0.25, -0.2) is 4.79 Å². The number of amides is 2. The van der Waals surface area contributed by atoms with Gasteiger partial charge in [-0.1, -0.05) is 32.4 Å². The summed E-state index contributed by atoms with van der Waals surface area (Å²) in [5.41, 5.74) is 1.39. The van der Waals surface area contributed by atoms with E-state index in [2.05, 4.69) is 41.7 Å². The number of benzene rings is 2. The Labute approximate surface area is 235 Å². The van der Waals surface area contributed by atoms with E-state index in [1.807, 2.05) is 12.1 Å². The number of ether oxygens (including phenoxy) is 3. The first kappa shape index (κ1) is 28.8. The van der Waals surface area contributed by atoms with E-state index in [1.54, 1.807) is 37.6 Å². The van der Waals surface area contributed by atoms with E-state index in [-0.39, 0.29) is 11.4 Å². The molecule has 2 aromatic carbocycles. The first-order chi connectivity index (χ1) is 18.7. The van der Waals surface area contributed by atoms with Crippen molar-refractivity contribution in [3.8, 4) is 23.0 Å². The topological polar surface area (TPSA) is 93.7 Å². The van der Waals surface area contributed by atoms with Gasteiger partial charge in [0.15, 0.2) is 11.5 Å². The van der Waals surface area contributed by atoms with Gasteiger partial charge in [0, 0.05) is 30.3 Å². The second-order valence-corrected chi connectivity index (χ2v) is 11.5. The summed E-state index contributed by atoms with van der Waals surface area (Å²) in [6.07, 6.45) is 5.96. The summed E-state index contributed by atoms with van der Waals surface area (Å²) in [4.78, 5) is 16.8. The maximum absolute atomic E-state index is 12.3. The molecule has 2 amide bonds. The number of hydrogen-bond donors (Lipinski definition) is 3. The highest BCUT2D eigenvalue weighted by Gasteiger charge is 2.16. The molecule has 39 heavy (non-hydrogen) atoms. The number of carbonyl (C=O) groups is 1. The van der Waals surface area contributed by atoms with Gasteiger partial charge in [-0.3, -0.25) is 4.98 Å². The van der Waals surface area contributed by atoms with Crippen molar-refractivity contribution in [3.63, 3.8) is 0 Å². The summed E-state index contributed by atoms with van der Waals surface area (Å²) in [6.45, 7) is 9.77. The average molecular weight is 555 g/mol. The Balaban J connectivity index is 1.42. The number of anilines is 1. The van der Waals surface area contributed by atoms with E-state index in [9.17, 15) is 4.79 Å². The Hall–Kier alpha value is -3.23. The van der Waals surface area contributed by atoms with Gasteiger partial charge >= 0.3 is 6.03 Å². The SMILES string of the molecule is COc1cc2c(Oc3ccc(NC(=O)NCCC(C)(C)C)c(Cl)c3)ccnc2cc1OCCC1CCNCC1. The van der Waals surface area contributed by atoms with Crippen LogP contribution in [0.15, 0.2) is 42.6 Å². The third-order valence-electron chi connectivity index (χ3n) is 6.81. The van der Waals surface area contributed by atoms with Crippen molar-refractivity contribution in [2.24, 2.45) is 11.3 Å². The molecule has 9 heteroatoms. The lowest BCUT2D eigenvalue weighted by Crippen LogP contribution is -2.31. The molecule has 1 aliphatic rings. The van der Waals surface area contributed by atoms with Crippen LogP contribution in [0.4, 0.5) is 10.5 Å². The van der Waals surface area contributed by atoms with Crippen LogP contribution >= 0.6 is 11.6 Å². The Kier molecular flexibility index (Phi) is 9.75. The summed E-state index contributed by atoms with van der Waals surface area (Å²) >= 11 is 6.46. The molecule has 0 atom stereocenters. The van der Waals surface area contributed by atoms with Gasteiger partial charge in [-0.2, -0.15) is 0 Å². The molecule has 0 saturated carbocycles. The number of pyridine rings is 1. The molecular formula is C30H39ClN4O4. The number of hydrogen-bond acceptors (Lipinski definition) is 6. The Morgan fingerprint density at radius 1 is 1.10 bits per heavy atom. The molecule has 1 fully saturated rings. The summed E-state index contributed by atoms with van der Waals surface area (Å²) in [5, 5.41) is 10.2. The van der Waals surface area contributed by atoms with Crippen LogP contribution in [0.1, 0.15) is 46.5 Å². The van der Waals surface area contributed by atoms with Gasteiger partial charge in [0.2, 0.25) is 0 Å². The van der Waals surface area contributed by atoms with E-state index in [1.165, 1.54) is 12.8 Å². The van der Waals surface area contributed by atoms with Crippen LogP contribution in [0.25, 0.3) is 10.9 Å². The zero-order chi connectivity index (χ0) is 27.8. The minimum absolute atomic E-state index is 0.145. The van der Waals surface area contributed by atoms with Crippen molar-refractivity contribution >= 4 is 34.2 Å². The zero-order valence-electron chi connectivity index (χ0n) is 23.2. The lowest BCUT2D eigenvalue weighted by Gasteiger charge is -2.22. The number of nitrogens with one attached hydrogen (secondary N) is 3. The number of fused-ring (bicyclic) bond motifs is 1. The van der Waals surface area contributed by atoms with Crippen LogP contribution in [0, 0.1) is 11.3 Å². The Morgan fingerprint density at radius 2 is 1.90 bits per heavy atom. The molecule has 1 saturated heterocycles. The van der Waals surface area contributed by atoms with Gasteiger partial charge in [0.25, 0.3) is 0 Å². The van der Waals surface area contributed by atoms with Crippen molar-refractivity contribution in [3.05, 3.63) is 47.6 Å². The first-order valence-corrected chi connectivity index (χ1v) is 13.9. The molecule has 1 aliphatic heterocycles. The molecule has 3 aromatic rings. The zero-order valence-corrected chi connectivity index (χ0v) is 24.0. The van der Waals surface area contributed by atoms with Crippen LogP contribution in [0.3, 0.4) is 0 Å². The smallest absolute Gasteiger partial charge is 0.319 e. The predicted octanol–water partition coefficient (Wildman–Crippen LogP) is 7.02. The predicted molar refractivity (Wildman–Crippen MR) is 157 cm³/mol. The van der Waals surface area contributed by atoms with Crippen molar-refractivity contribution in [1.82, 2.24) is 15.6 Å². The first-order valence-electron chi connectivity index (χ1n) is 13.5. The maximum atomic E-state index is 12.3. The quantitative estimate of drug-likeness (QED) is 0.249. The lowest BCUT2D eigenvalue weighted by molar-refractivity contribution is 0.243. The summed E-state index contributed by atoms with van der Waals surface area (Å²) in [5.74, 6) is 3.12. The molecule has 3 N–H and O–H groups in total. The molecule has 0 aliphatic carbocycles. The van der Waals surface area contributed by atoms with Crippen molar-refractivity contribution < 1.29 is 19.0 Å². The van der Waals surface area contributed by atoms with Crippen LogP contribution in [0.2, 0.25) is 5.02 Å². The molecule has 0 bridgehead atoms. The van der Waals surface area contributed by atoms with E-state index >= 15 is 0 Å². The van der Waals surface area contributed by atoms with E-state index in [0.29, 0.717) is 52.8 Å². The lowest BCUT2D eigenvalue weighted by atomic mass is 9.92. The fourth-order valence-corrected chi connectivity index (χ4v) is 4.72. The second-order valence-electron chi connectivity index (χ2n) is 11.1. The molecule has 8 nitrogen and oxygen atoms in total. The number of carbonyl (C=O) groups excluding carboxylic acids is 1. The summed E-state index contributed by atoms with van der Waals surface area (Å²) < 4.78 is 17.9. The van der Waals surface area contributed by atoms with E-state index in [0.717, 1.165) is 36.8 Å². The number of aromatic nitrogens is 1. The average Bonchev–Trinajstić information content (AvgIpc) is 2.90. The van der Waals surface area contributed by atoms with Crippen LogP contribution in [-0.2, 0) is 0 Å². The third kappa shape index (κ3) is 8.38. The van der Waals surface area contributed by atoms with Crippen molar-refractivity contribution in [2.75, 3.05) is 38.7 Å². The molecule has 0 spiro atoms. The number of nitrogens with zero attached hydrogens (tertiary/aromatic N) is 1. The van der Waals surface area contributed by atoms with Gasteiger partial charge in [0.1, 0.15) is 11.5 Å². The molecule has 4 rings (SSSR count). The molecule has 2 heterocycles. The second kappa shape index (κ2) is 13.2.